The average molecular weight is 444 g/mol. The monoisotopic (exact) mass is 442 g/mol. The highest BCUT2D eigenvalue weighted by molar-refractivity contribution is 6.53. The molecule has 0 heterocycles. The van der Waals surface area contributed by atoms with Gasteiger partial charge in [0.15, 0.2) is 4.84 Å². The Hall–Kier alpha value is -0.720. The van der Waals surface area contributed by atoms with E-state index in [0.29, 0.717) is 15.6 Å². The van der Waals surface area contributed by atoms with Crippen molar-refractivity contribution in [2.75, 3.05) is 32.8 Å². The number of ether oxygens (including phenoxy) is 1. The lowest BCUT2D eigenvalue weighted by molar-refractivity contribution is -0.146. The van der Waals surface area contributed by atoms with Gasteiger partial charge in [0.2, 0.25) is 0 Å². The third-order valence-electron chi connectivity index (χ3n) is 3.75. The SMILES string of the molecule is CCN(CC)CC(=O)OCCN(Cc1ccc(Cl)cc1Cl)C(=O)C(Cl)Cl. The number of alkyl halides is 2. The lowest BCUT2D eigenvalue weighted by Crippen LogP contribution is -2.38. The Morgan fingerprint density at radius 2 is 1.81 bits per heavy atom. The fourth-order valence-corrected chi connectivity index (χ4v) is 2.95. The second-order valence-corrected chi connectivity index (χ2v) is 7.42. The molecule has 146 valence electrons. The molecule has 0 aliphatic heterocycles. The number of likely N-dealkylation sites (N-methyl/N-ethyl adjacent to an activating group) is 1. The summed E-state index contributed by atoms with van der Waals surface area (Å²) in [6.45, 7) is 6.02. The Morgan fingerprint density at radius 1 is 1.15 bits per heavy atom. The highest BCUT2D eigenvalue weighted by Gasteiger charge is 2.22. The molecule has 0 aromatic heterocycles. The van der Waals surface area contributed by atoms with Crippen LogP contribution in [0.4, 0.5) is 0 Å². The van der Waals surface area contributed by atoms with Gasteiger partial charge in [-0.25, -0.2) is 0 Å². The number of hydrogen-bond acceptors (Lipinski definition) is 4. The van der Waals surface area contributed by atoms with E-state index in [4.69, 9.17) is 51.1 Å². The first kappa shape index (κ1) is 23.3. The third-order valence-corrected chi connectivity index (χ3v) is 4.71. The highest BCUT2D eigenvalue weighted by Crippen LogP contribution is 2.23. The summed E-state index contributed by atoms with van der Waals surface area (Å²) in [6.07, 6.45) is 0. The zero-order chi connectivity index (χ0) is 19.7. The Labute approximate surface area is 174 Å². The maximum absolute atomic E-state index is 12.2. The number of carbonyl (C=O) groups is 2. The topological polar surface area (TPSA) is 49.9 Å². The van der Waals surface area contributed by atoms with Gasteiger partial charge in [-0.3, -0.25) is 14.5 Å². The highest BCUT2D eigenvalue weighted by atomic mass is 35.5. The fourth-order valence-electron chi connectivity index (χ4n) is 2.21. The normalized spacial score (nSPS) is 11.1. The molecule has 0 unspecified atom stereocenters. The third kappa shape index (κ3) is 7.89. The van der Waals surface area contributed by atoms with Crippen molar-refractivity contribution in [3.05, 3.63) is 33.8 Å². The van der Waals surface area contributed by atoms with Gasteiger partial charge in [0.1, 0.15) is 6.61 Å². The Kier molecular flexibility index (Phi) is 10.7. The predicted molar refractivity (Wildman–Crippen MR) is 106 cm³/mol. The molecular formula is C17H22Cl4N2O3. The van der Waals surface area contributed by atoms with Crippen LogP contribution in [0.15, 0.2) is 18.2 Å². The molecule has 0 fully saturated rings. The number of hydrogen-bond donors (Lipinski definition) is 0. The van der Waals surface area contributed by atoms with Crippen molar-refractivity contribution in [1.82, 2.24) is 9.80 Å². The van der Waals surface area contributed by atoms with E-state index in [2.05, 4.69) is 0 Å². The maximum Gasteiger partial charge on any atom is 0.320 e. The van der Waals surface area contributed by atoms with Crippen molar-refractivity contribution in [2.45, 2.75) is 25.2 Å². The Bertz CT molecular complexity index is 610. The summed E-state index contributed by atoms with van der Waals surface area (Å²) in [5.74, 6) is -0.835. The molecule has 1 amide bonds. The molecule has 0 saturated carbocycles. The maximum atomic E-state index is 12.2. The van der Waals surface area contributed by atoms with Crippen LogP contribution in [0.1, 0.15) is 19.4 Å². The van der Waals surface area contributed by atoms with E-state index < -0.39 is 10.7 Å². The molecule has 0 atom stereocenters. The van der Waals surface area contributed by atoms with Gasteiger partial charge in [-0.05, 0) is 30.8 Å². The number of amides is 1. The molecule has 0 aliphatic carbocycles. The van der Waals surface area contributed by atoms with Gasteiger partial charge in [0.25, 0.3) is 5.91 Å². The Balaban J connectivity index is 2.67. The van der Waals surface area contributed by atoms with Gasteiger partial charge < -0.3 is 9.64 Å². The standard InChI is InChI=1S/C17H22Cl4N2O3/c1-3-22(4-2)11-15(24)26-8-7-23(17(25)16(20)21)10-12-5-6-13(18)9-14(12)19/h5-6,9,16H,3-4,7-8,10-11H2,1-2H3. The quantitative estimate of drug-likeness (QED) is 0.405. The number of benzene rings is 1. The molecule has 0 N–H and O–H groups in total. The average Bonchev–Trinajstić information content (AvgIpc) is 2.59. The van der Waals surface area contributed by atoms with Crippen molar-refractivity contribution in [3.8, 4) is 0 Å². The molecule has 0 radical (unpaired) electrons. The number of carbonyl (C=O) groups excluding carboxylic acids is 2. The van der Waals surface area contributed by atoms with Gasteiger partial charge in [0, 0.05) is 16.6 Å². The van der Waals surface area contributed by atoms with Crippen LogP contribution in [0.2, 0.25) is 10.0 Å². The molecule has 5 nitrogen and oxygen atoms in total. The molecule has 0 bridgehead atoms. The van der Waals surface area contributed by atoms with Crippen LogP contribution >= 0.6 is 46.4 Å². The molecular weight excluding hydrogens is 422 g/mol. The van der Waals surface area contributed by atoms with Crippen LogP contribution in [0.5, 0.6) is 0 Å². The van der Waals surface area contributed by atoms with Crippen molar-refractivity contribution >= 4 is 58.3 Å². The van der Waals surface area contributed by atoms with Crippen LogP contribution < -0.4 is 0 Å². The first-order valence-corrected chi connectivity index (χ1v) is 9.80. The summed E-state index contributed by atoms with van der Waals surface area (Å²) < 4.78 is 5.21. The van der Waals surface area contributed by atoms with Crippen molar-refractivity contribution in [3.63, 3.8) is 0 Å². The van der Waals surface area contributed by atoms with Gasteiger partial charge in [-0.1, -0.05) is 66.3 Å². The van der Waals surface area contributed by atoms with Crippen molar-refractivity contribution < 1.29 is 14.3 Å². The van der Waals surface area contributed by atoms with Crippen LogP contribution in [0, 0.1) is 0 Å². The van der Waals surface area contributed by atoms with E-state index in [1.807, 2.05) is 18.7 Å². The molecule has 9 heteroatoms. The van der Waals surface area contributed by atoms with E-state index in [9.17, 15) is 9.59 Å². The van der Waals surface area contributed by atoms with E-state index in [1.165, 1.54) is 4.90 Å². The van der Waals surface area contributed by atoms with Gasteiger partial charge in [-0.15, -0.1) is 0 Å². The van der Waals surface area contributed by atoms with E-state index in [-0.39, 0.29) is 32.2 Å². The van der Waals surface area contributed by atoms with Gasteiger partial charge in [0.05, 0.1) is 13.1 Å². The van der Waals surface area contributed by atoms with Crippen molar-refractivity contribution in [2.24, 2.45) is 0 Å². The summed E-state index contributed by atoms with van der Waals surface area (Å²) in [7, 11) is 0. The minimum atomic E-state index is -1.22. The Morgan fingerprint density at radius 3 is 2.35 bits per heavy atom. The summed E-state index contributed by atoms with van der Waals surface area (Å²) in [5, 5.41) is 0.920. The summed E-state index contributed by atoms with van der Waals surface area (Å²) >= 11 is 23.4. The van der Waals surface area contributed by atoms with Crippen LogP contribution in [-0.4, -0.2) is 59.3 Å². The van der Waals surface area contributed by atoms with E-state index in [0.717, 1.165) is 13.1 Å². The minimum absolute atomic E-state index is 0.0392. The summed E-state index contributed by atoms with van der Waals surface area (Å²) in [4.78, 5) is 26.2. The van der Waals surface area contributed by atoms with Gasteiger partial charge >= 0.3 is 5.97 Å². The first-order chi connectivity index (χ1) is 12.3. The fraction of sp³-hybridized carbons (Fsp3) is 0.529. The molecule has 0 aliphatic rings. The van der Waals surface area contributed by atoms with Gasteiger partial charge in [-0.2, -0.15) is 0 Å². The zero-order valence-corrected chi connectivity index (χ0v) is 17.7. The van der Waals surface area contributed by atoms with E-state index >= 15 is 0 Å². The molecule has 1 aromatic rings. The second kappa shape index (κ2) is 11.9. The minimum Gasteiger partial charge on any atom is -0.463 e. The summed E-state index contributed by atoms with van der Waals surface area (Å²) in [5.41, 5.74) is 0.688. The van der Waals surface area contributed by atoms with Crippen molar-refractivity contribution in [1.29, 1.82) is 0 Å². The van der Waals surface area contributed by atoms with Crippen LogP contribution in [-0.2, 0) is 20.9 Å². The summed E-state index contributed by atoms with van der Waals surface area (Å²) in [6, 6.07) is 4.98. The largest absolute Gasteiger partial charge is 0.463 e. The molecule has 1 rings (SSSR count). The van der Waals surface area contributed by atoms with Crippen LogP contribution in [0.25, 0.3) is 0 Å². The lowest BCUT2D eigenvalue weighted by Gasteiger charge is -2.24. The second-order valence-electron chi connectivity index (χ2n) is 5.48. The number of rotatable bonds is 10. The molecule has 0 saturated heterocycles. The lowest BCUT2D eigenvalue weighted by atomic mass is 10.2. The molecule has 1 aromatic carbocycles. The number of halogens is 4. The number of nitrogens with zero attached hydrogens (tertiary/aromatic N) is 2. The molecule has 0 spiro atoms. The first-order valence-electron chi connectivity index (χ1n) is 8.17. The van der Waals surface area contributed by atoms with Crippen LogP contribution in [0.3, 0.4) is 0 Å². The zero-order valence-electron chi connectivity index (χ0n) is 14.7. The predicted octanol–water partition coefficient (Wildman–Crippen LogP) is 4.01. The number of esters is 1. The van der Waals surface area contributed by atoms with E-state index in [1.54, 1.807) is 18.2 Å². The smallest absolute Gasteiger partial charge is 0.320 e. The molecule has 26 heavy (non-hydrogen) atoms.